The second-order valence-electron chi connectivity index (χ2n) is 8.13. The molecule has 0 atom stereocenters. The van der Waals surface area contributed by atoms with Gasteiger partial charge in [-0.05, 0) is 99.0 Å². The molecule has 1 aliphatic rings. The number of nitrogens with zero attached hydrogens (tertiary/aromatic N) is 2. The highest BCUT2D eigenvalue weighted by atomic mass is 32.1. The Morgan fingerprint density at radius 3 is 2.41 bits per heavy atom. The molecule has 1 fully saturated rings. The average Bonchev–Trinajstić information content (AvgIpc) is 3.34. The standard InChI is InChI=1S/C26H31N3OS2/c31-26(27-22-12-14-24(15-13-22)30-23-9-3-1-4-10-23)29(21-25-11-7-20-32-25)19-8-18-28-16-5-2-6-17-28/h1,3-4,7,9-15,20H,2,5-6,8,16-19,21H2,(H,27,31). The minimum absolute atomic E-state index is 0.772. The number of ether oxygens (including phenoxy) is 1. The molecule has 1 aliphatic heterocycles. The molecule has 1 aromatic heterocycles. The lowest BCUT2D eigenvalue weighted by molar-refractivity contribution is 0.218. The first-order chi connectivity index (χ1) is 15.8. The molecule has 0 saturated carbocycles. The van der Waals surface area contributed by atoms with Crippen molar-refractivity contribution in [3.05, 3.63) is 77.0 Å². The summed E-state index contributed by atoms with van der Waals surface area (Å²) >= 11 is 7.60. The van der Waals surface area contributed by atoms with Crippen molar-refractivity contribution in [1.29, 1.82) is 0 Å². The molecule has 0 aliphatic carbocycles. The van der Waals surface area contributed by atoms with Gasteiger partial charge in [0, 0.05) is 17.1 Å². The molecule has 0 bridgehead atoms. The maximum Gasteiger partial charge on any atom is 0.173 e. The summed E-state index contributed by atoms with van der Waals surface area (Å²) < 4.78 is 5.89. The smallest absolute Gasteiger partial charge is 0.173 e. The van der Waals surface area contributed by atoms with Crippen LogP contribution in [0, 0.1) is 0 Å². The van der Waals surface area contributed by atoms with E-state index in [-0.39, 0.29) is 0 Å². The van der Waals surface area contributed by atoms with Gasteiger partial charge in [0.25, 0.3) is 0 Å². The third-order valence-corrected chi connectivity index (χ3v) is 6.87. The number of hydrogen-bond donors (Lipinski definition) is 1. The number of rotatable bonds is 9. The van der Waals surface area contributed by atoms with Crippen molar-refractivity contribution in [3.63, 3.8) is 0 Å². The molecule has 32 heavy (non-hydrogen) atoms. The third-order valence-electron chi connectivity index (χ3n) is 5.65. The van der Waals surface area contributed by atoms with E-state index in [1.165, 1.54) is 37.2 Å². The number of thiocarbonyl (C=S) groups is 1. The van der Waals surface area contributed by atoms with Gasteiger partial charge in [0.2, 0.25) is 0 Å². The van der Waals surface area contributed by atoms with E-state index in [0.29, 0.717) is 0 Å². The number of likely N-dealkylation sites (tertiary alicyclic amines) is 1. The molecule has 2 aromatic carbocycles. The van der Waals surface area contributed by atoms with E-state index in [2.05, 4.69) is 32.6 Å². The van der Waals surface area contributed by atoms with Crippen LogP contribution in [0.3, 0.4) is 0 Å². The summed E-state index contributed by atoms with van der Waals surface area (Å²) in [6, 6.07) is 22.1. The molecule has 168 valence electrons. The average molecular weight is 466 g/mol. The summed E-state index contributed by atoms with van der Waals surface area (Å²) in [6.07, 6.45) is 5.17. The molecule has 4 rings (SSSR count). The van der Waals surface area contributed by atoms with Crippen LogP contribution < -0.4 is 10.1 Å². The summed E-state index contributed by atoms with van der Waals surface area (Å²) in [5.74, 6) is 1.64. The molecule has 0 unspecified atom stereocenters. The normalized spacial score (nSPS) is 14.1. The lowest BCUT2D eigenvalue weighted by Gasteiger charge is -2.29. The fourth-order valence-electron chi connectivity index (χ4n) is 3.94. The Kier molecular flexibility index (Phi) is 8.54. The molecule has 0 amide bonds. The summed E-state index contributed by atoms with van der Waals surface area (Å²) in [5, 5.41) is 6.33. The molecular weight excluding hydrogens is 434 g/mol. The topological polar surface area (TPSA) is 27.7 Å². The quantitative estimate of drug-likeness (QED) is 0.359. The van der Waals surface area contributed by atoms with Gasteiger partial charge in [-0.3, -0.25) is 0 Å². The third kappa shape index (κ3) is 7.05. The van der Waals surface area contributed by atoms with E-state index in [0.717, 1.165) is 48.4 Å². The van der Waals surface area contributed by atoms with Gasteiger partial charge < -0.3 is 19.9 Å². The van der Waals surface area contributed by atoms with Crippen molar-refractivity contribution in [3.8, 4) is 11.5 Å². The van der Waals surface area contributed by atoms with Crippen LogP contribution in [-0.4, -0.2) is 41.1 Å². The number of hydrogen-bond acceptors (Lipinski definition) is 4. The highest BCUT2D eigenvalue weighted by Gasteiger charge is 2.14. The fourth-order valence-corrected chi connectivity index (χ4v) is 4.94. The first-order valence-electron chi connectivity index (χ1n) is 11.4. The zero-order valence-corrected chi connectivity index (χ0v) is 20.0. The first-order valence-corrected chi connectivity index (χ1v) is 12.7. The van der Waals surface area contributed by atoms with Gasteiger partial charge in [-0.1, -0.05) is 30.7 Å². The van der Waals surface area contributed by atoms with E-state index in [4.69, 9.17) is 17.0 Å². The summed E-state index contributed by atoms with van der Waals surface area (Å²) in [4.78, 5) is 6.22. The minimum Gasteiger partial charge on any atom is -0.457 e. The Hall–Kier alpha value is -2.41. The number of piperidine rings is 1. The Labute approximate surface area is 200 Å². The molecule has 4 nitrogen and oxygen atoms in total. The SMILES string of the molecule is S=C(Nc1ccc(Oc2ccccc2)cc1)N(CCCN1CCCCC1)Cc1cccs1. The van der Waals surface area contributed by atoms with Crippen LogP contribution in [0.5, 0.6) is 11.5 Å². The number of benzene rings is 2. The Balaban J connectivity index is 1.33. The van der Waals surface area contributed by atoms with E-state index in [9.17, 15) is 0 Å². The minimum atomic E-state index is 0.772. The molecule has 2 heterocycles. The molecule has 6 heteroatoms. The zero-order valence-electron chi connectivity index (χ0n) is 18.4. The van der Waals surface area contributed by atoms with Crippen molar-refractivity contribution >= 4 is 34.4 Å². The fraction of sp³-hybridized carbons (Fsp3) is 0.346. The molecule has 0 radical (unpaired) electrons. The van der Waals surface area contributed by atoms with Crippen molar-refractivity contribution in [1.82, 2.24) is 9.80 Å². The Morgan fingerprint density at radius 2 is 1.69 bits per heavy atom. The first kappa shape index (κ1) is 22.8. The molecule has 3 aromatic rings. The van der Waals surface area contributed by atoms with Crippen molar-refractivity contribution in [2.24, 2.45) is 0 Å². The van der Waals surface area contributed by atoms with Gasteiger partial charge in [0.15, 0.2) is 5.11 Å². The van der Waals surface area contributed by atoms with Crippen molar-refractivity contribution < 1.29 is 4.74 Å². The van der Waals surface area contributed by atoms with Crippen LogP contribution in [0.25, 0.3) is 0 Å². The highest BCUT2D eigenvalue weighted by Crippen LogP contribution is 2.23. The van der Waals surface area contributed by atoms with E-state index >= 15 is 0 Å². The van der Waals surface area contributed by atoms with Gasteiger partial charge in [-0.2, -0.15) is 0 Å². The second-order valence-corrected chi connectivity index (χ2v) is 9.55. The van der Waals surface area contributed by atoms with Crippen LogP contribution in [0.4, 0.5) is 5.69 Å². The molecular formula is C26H31N3OS2. The number of anilines is 1. The van der Waals surface area contributed by atoms with Gasteiger partial charge >= 0.3 is 0 Å². The lowest BCUT2D eigenvalue weighted by atomic mass is 10.1. The van der Waals surface area contributed by atoms with Crippen LogP contribution in [-0.2, 0) is 6.54 Å². The molecule has 1 N–H and O–H groups in total. The number of para-hydroxylation sites is 1. The molecule has 1 saturated heterocycles. The monoisotopic (exact) mass is 465 g/mol. The van der Waals surface area contributed by atoms with Crippen molar-refractivity contribution in [2.45, 2.75) is 32.2 Å². The maximum absolute atomic E-state index is 5.89. The summed E-state index contributed by atoms with van der Waals surface area (Å²) in [7, 11) is 0. The van der Waals surface area contributed by atoms with Gasteiger partial charge in [-0.15, -0.1) is 11.3 Å². The van der Waals surface area contributed by atoms with Crippen molar-refractivity contribution in [2.75, 3.05) is 31.5 Å². The maximum atomic E-state index is 5.89. The zero-order chi connectivity index (χ0) is 22.0. The van der Waals surface area contributed by atoms with Gasteiger partial charge in [0.05, 0.1) is 6.54 Å². The lowest BCUT2D eigenvalue weighted by Crippen LogP contribution is -2.37. The highest BCUT2D eigenvalue weighted by molar-refractivity contribution is 7.80. The molecule has 0 spiro atoms. The summed E-state index contributed by atoms with van der Waals surface area (Å²) in [5.41, 5.74) is 0.975. The van der Waals surface area contributed by atoms with E-state index in [1.807, 2.05) is 54.6 Å². The van der Waals surface area contributed by atoms with Crippen LogP contribution >= 0.6 is 23.6 Å². The van der Waals surface area contributed by atoms with Crippen LogP contribution in [0.2, 0.25) is 0 Å². The largest absolute Gasteiger partial charge is 0.457 e. The van der Waals surface area contributed by atoms with Crippen LogP contribution in [0.15, 0.2) is 72.1 Å². The van der Waals surface area contributed by atoms with E-state index < -0.39 is 0 Å². The van der Waals surface area contributed by atoms with E-state index in [1.54, 1.807) is 11.3 Å². The van der Waals surface area contributed by atoms with Gasteiger partial charge in [-0.25, -0.2) is 0 Å². The second kappa shape index (κ2) is 12.0. The van der Waals surface area contributed by atoms with Crippen LogP contribution in [0.1, 0.15) is 30.6 Å². The Bertz CT molecular complexity index is 939. The van der Waals surface area contributed by atoms with Gasteiger partial charge in [0.1, 0.15) is 11.5 Å². The number of nitrogens with one attached hydrogen (secondary N) is 1. The predicted molar refractivity (Wildman–Crippen MR) is 139 cm³/mol. The predicted octanol–water partition coefficient (Wildman–Crippen LogP) is 6.62. The Morgan fingerprint density at radius 1 is 0.938 bits per heavy atom. The summed E-state index contributed by atoms with van der Waals surface area (Å²) in [6.45, 7) is 5.43. The number of thiophene rings is 1.